The third-order valence-electron chi connectivity index (χ3n) is 8.90. The molecule has 0 fully saturated rings. The van der Waals surface area contributed by atoms with Gasteiger partial charge in [-0.2, -0.15) is 0 Å². The van der Waals surface area contributed by atoms with Crippen molar-refractivity contribution in [2.45, 2.75) is 38.5 Å². The van der Waals surface area contributed by atoms with Crippen LogP contribution in [-0.2, 0) is 0 Å². The summed E-state index contributed by atoms with van der Waals surface area (Å²) >= 11 is 0. The van der Waals surface area contributed by atoms with Crippen molar-refractivity contribution in [3.8, 4) is 0 Å². The van der Waals surface area contributed by atoms with Gasteiger partial charge in [0.15, 0.2) is 0 Å². The molecular weight excluding hydrogens is 480 g/mol. The van der Waals surface area contributed by atoms with Crippen molar-refractivity contribution in [1.29, 1.82) is 0 Å². The summed E-state index contributed by atoms with van der Waals surface area (Å²) in [6.07, 6.45) is 34.7. The van der Waals surface area contributed by atoms with Crippen LogP contribution < -0.4 is 10.4 Å². The van der Waals surface area contributed by atoms with Crippen LogP contribution in [0.25, 0.3) is 34.1 Å². The maximum Gasteiger partial charge on any atom is 0.00646 e. The van der Waals surface area contributed by atoms with Crippen LogP contribution in [0.1, 0.15) is 49.7 Å². The van der Waals surface area contributed by atoms with Gasteiger partial charge in [0.2, 0.25) is 0 Å². The summed E-state index contributed by atoms with van der Waals surface area (Å²) in [5, 5.41) is 5.57. The highest BCUT2D eigenvalue weighted by Crippen LogP contribution is 2.43. The predicted molar refractivity (Wildman–Crippen MR) is 173 cm³/mol. The van der Waals surface area contributed by atoms with E-state index in [9.17, 15) is 0 Å². The zero-order valence-corrected chi connectivity index (χ0v) is 23.1. The molecule has 0 saturated carbocycles. The molecule has 4 aliphatic carbocycles. The van der Waals surface area contributed by atoms with Crippen LogP contribution in [0.2, 0.25) is 0 Å². The minimum Gasteiger partial charge on any atom is -0.0836 e. The third-order valence-corrected chi connectivity index (χ3v) is 8.90. The Hall–Kier alpha value is -4.16. The van der Waals surface area contributed by atoms with Gasteiger partial charge in [-0.1, -0.05) is 128 Å². The molecule has 3 aromatic rings. The molecule has 0 aliphatic heterocycles. The lowest BCUT2D eigenvalue weighted by molar-refractivity contribution is 0.738. The van der Waals surface area contributed by atoms with E-state index in [0.29, 0.717) is 11.8 Å². The normalized spacial score (nSPS) is 22.1. The molecule has 0 N–H and O–H groups in total. The number of fused-ring (bicyclic) bond motifs is 2. The Morgan fingerprint density at radius 1 is 0.650 bits per heavy atom. The number of rotatable bonds is 5. The minimum absolute atomic E-state index is 0.392. The van der Waals surface area contributed by atoms with E-state index in [4.69, 9.17) is 0 Å². The molecule has 196 valence electrons. The van der Waals surface area contributed by atoms with Gasteiger partial charge in [0, 0.05) is 11.8 Å². The Kier molecular flexibility index (Phi) is 6.92. The molecular formula is C40H36. The van der Waals surface area contributed by atoms with Crippen LogP contribution >= 0.6 is 0 Å². The van der Waals surface area contributed by atoms with Crippen LogP contribution in [0, 0.1) is 11.8 Å². The molecule has 0 nitrogen and oxygen atoms in total. The fourth-order valence-corrected chi connectivity index (χ4v) is 7.04. The standard InChI is InChI=1S/C40H36/c1-4-14-29(15-5-1)38(30-16-6-2-7-17-30)39(31-18-8-3-9-19-31)32-24-26-33(27-25-32)40-36-22-12-10-20-34(36)28-35-21-11-13-23-37(35)40/h1-10,12,14-16,18,20-24,26,28,30-31H,11,13,17,19,25,27H2. The van der Waals surface area contributed by atoms with Gasteiger partial charge in [-0.05, 0) is 99.2 Å². The summed E-state index contributed by atoms with van der Waals surface area (Å²) in [7, 11) is 0. The second kappa shape index (κ2) is 11.1. The van der Waals surface area contributed by atoms with Crippen LogP contribution in [0.4, 0.5) is 0 Å². The molecule has 0 bridgehead atoms. The maximum atomic E-state index is 2.47. The lowest BCUT2D eigenvalue weighted by Crippen LogP contribution is -2.30. The van der Waals surface area contributed by atoms with E-state index in [0.717, 1.165) is 38.5 Å². The summed E-state index contributed by atoms with van der Waals surface area (Å²) in [6, 6.07) is 22.5. The van der Waals surface area contributed by atoms with E-state index in [1.54, 1.807) is 0 Å². The summed E-state index contributed by atoms with van der Waals surface area (Å²) in [4.78, 5) is 0. The first kappa shape index (κ1) is 24.9. The van der Waals surface area contributed by atoms with Crippen molar-refractivity contribution in [3.63, 3.8) is 0 Å². The van der Waals surface area contributed by atoms with E-state index in [1.165, 1.54) is 54.6 Å². The van der Waals surface area contributed by atoms with Crippen molar-refractivity contribution in [3.05, 3.63) is 154 Å². The smallest absolute Gasteiger partial charge is 0.00646 e. The first-order valence-electron chi connectivity index (χ1n) is 15.0. The average Bonchev–Trinajstić information content (AvgIpc) is 3.04. The minimum atomic E-state index is 0.392. The molecule has 2 atom stereocenters. The van der Waals surface area contributed by atoms with Gasteiger partial charge in [-0.25, -0.2) is 0 Å². The van der Waals surface area contributed by atoms with E-state index < -0.39 is 0 Å². The maximum absolute atomic E-state index is 2.47. The Morgan fingerprint density at radius 2 is 1.38 bits per heavy atom. The molecule has 0 saturated heterocycles. The summed E-state index contributed by atoms with van der Waals surface area (Å²) < 4.78 is 0. The first-order chi connectivity index (χ1) is 19.9. The van der Waals surface area contributed by atoms with Gasteiger partial charge < -0.3 is 0 Å². The van der Waals surface area contributed by atoms with Gasteiger partial charge in [-0.15, -0.1) is 0 Å². The van der Waals surface area contributed by atoms with E-state index >= 15 is 0 Å². The van der Waals surface area contributed by atoms with Gasteiger partial charge in [0.1, 0.15) is 0 Å². The van der Waals surface area contributed by atoms with Crippen molar-refractivity contribution >= 4 is 34.1 Å². The molecule has 0 aromatic heterocycles. The lowest BCUT2D eigenvalue weighted by Gasteiger charge is -2.30. The molecule has 0 heteroatoms. The fourth-order valence-electron chi connectivity index (χ4n) is 7.04. The number of allylic oxidation sites excluding steroid dienone is 14. The van der Waals surface area contributed by atoms with Crippen molar-refractivity contribution in [2.24, 2.45) is 11.8 Å². The fraction of sp³-hybridized carbons (Fsp3) is 0.200. The molecule has 7 rings (SSSR count). The summed E-state index contributed by atoms with van der Waals surface area (Å²) in [6.45, 7) is 0. The molecule has 3 aromatic carbocycles. The Bertz CT molecular complexity index is 1780. The van der Waals surface area contributed by atoms with Crippen LogP contribution in [0.3, 0.4) is 0 Å². The second-order valence-electron chi connectivity index (χ2n) is 11.3. The van der Waals surface area contributed by atoms with E-state index in [-0.39, 0.29) is 0 Å². The van der Waals surface area contributed by atoms with Gasteiger partial charge in [0.05, 0.1) is 0 Å². The molecule has 0 heterocycles. The average molecular weight is 517 g/mol. The molecule has 40 heavy (non-hydrogen) atoms. The summed E-state index contributed by atoms with van der Waals surface area (Å²) in [5.41, 5.74) is 8.82. The third kappa shape index (κ3) is 4.73. The molecule has 0 amide bonds. The zero-order chi connectivity index (χ0) is 26.7. The van der Waals surface area contributed by atoms with Crippen molar-refractivity contribution in [2.75, 3.05) is 0 Å². The lowest BCUT2D eigenvalue weighted by atomic mass is 9.74. The van der Waals surface area contributed by atoms with E-state index in [2.05, 4.69) is 134 Å². The van der Waals surface area contributed by atoms with Gasteiger partial charge >= 0.3 is 0 Å². The van der Waals surface area contributed by atoms with Gasteiger partial charge in [0.25, 0.3) is 0 Å². The van der Waals surface area contributed by atoms with Crippen molar-refractivity contribution < 1.29 is 0 Å². The van der Waals surface area contributed by atoms with E-state index in [1.807, 2.05) is 0 Å². The molecule has 2 unspecified atom stereocenters. The van der Waals surface area contributed by atoms with Gasteiger partial charge in [-0.3, -0.25) is 0 Å². The highest BCUT2D eigenvalue weighted by Gasteiger charge is 2.27. The monoisotopic (exact) mass is 516 g/mol. The largest absolute Gasteiger partial charge is 0.0836 e. The highest BCUT2D eigenvalue weighted by atomic mass is 14.3. The molecule has 0 spiro atoms. The first-order valence-corrected chi connectivity index (χ1v) is 15.0. The zero-order valence-electron chi connectivity index (χ0n) is 23.1. The quantitative estimate of drug-likeness (QED) is 0.317. The highest BCUT2D eigenvalue weighted by molar-refractivity contribution is 5.95. The van der Waals surface area contributed by atoms with Crippen LogP contribution in [-0.4, -0.2) is 0 Å². The molecule has 4 aliphatic rings. The SMILES string of the molecule is C1=CCC(C(C2=CC=C(c3c4c(cc5ccccc35)=CCCC=4)CC2)=C(c2ccccc2)C2C=CC=CC2)C=C1. The second-order valence-corrected chi connectivity index (χ2v) is 11.3. The molecule has 0 radical (unpaired) electrons. The number of benzene rings is 3. The number of hydrogen-bond donors (Lipinski definition) is 0. The Morgan fingerprint density at radius 3 is 2.10 bits per heavy atom. The topological polar surface area (TPSA) is 0 Å². The van der Waals surface area contributed by atoms with Crippen molar-refractivity contribution in [1.82, 2.24) is 0 Å². The number of hydrogen-bond acceptors (Lipinski definition) is 0. The van der Waals surface area contributed by atoms with Crippen LogP contribution in [0.15, 0.2) is 133 Å². The summed E-state index contributed by atoms with van der Waals surface area (Å²) in [5.74, 6) is 0.789. The van der Waals surface area contributed by atoms with Crippen LogP contribution in [0.5, 0.6) is 0 Å². The Balaban J connectivity index is 1.41. The Labute approximate surface area is 238 Å². The predicted octanol–water partition coefficient (Wildman–Crippen LogP) is 9.02.